The van der Waals surface area contributed by atoms with Crippen LogP contribution in [0.5, 0.6) is 0 Å². The van der Waals surface area contributed by atoms with Crippen molar-refractivity contribution < 1.29 is 58.2 Å². The van der Waals surface area contributed by atoms with Gasteiger partial charge in [-0.1, -0.05) is 206 Å². The van der Waals surface area contributed by atoms with Gasteiger partial charge >= 0.3 is 23.9 Å². The predicted molar refractivity (Wildman–Crippen MR) is 312 cm³/mol. The molecule has 1 aliphatic heterocycles. The van der Waals surface area contributed by atoms with E-state index in [1.807, 2.05) is 12.2 Å². The molecule has 12 heteroatoms. The van der Waals surface area contributed by atoms with Crippen molar-refractivity contribution in [1.82, 2.24) is 0 Å². The molecular formula is C65H100O12. The number of carbonyl (C=O) groups is 4. The lowest BCUT2D eigenvalue weighted by Gasteiger charge is -2.40. The van der Waals surface area contributed by atoms with Gasteiger partial charge in [0.25, 0.3) is 0 Å². The molecule has 1 heterocycles. The van der Waals surface area contributed by atoms with Gasteiger partial charge in [0, 0.05) is 12.8 Å². The van der Waals surface area contributed by atoms with Crippen molar-refractivity contribution in [3.8, 4) is 0 Å². The summed E-state index contributed by atoms with van der Waals surface area (Å²) < 4.78 is 28.2. The Morgan fingerprint density at radius 1 is 0.455 bits per heavy atom. The highest BCUT2D eigenvalue weighted by Gasteiger charge is 2.50. The lowest BCUT2D eigenvalue weighted by atomic mass is 9.98. The van der Waals surface area contributed by atoms with E-state index >= 15 is 0 Å². The maximum atomic E-state index is 13.1. The molecule has 1 fully saturated rings. The van der Waals surface area contributed by atoms with Crippen molar-refractivity contribution in [1.29, 1.82) is 0 Å². The average molecular weight is 1070 g/mol. The quantitative estimate of drug-likeness (QED) is 0.0228. The first kappa shape index (κ1) is 69.9. The van der Waals surface area contributed by atoms with Crippen LogP contribution in [0.15, 0.2) is 134 Å². The van der Waals surface area contributed by atoms with Crippen LogP contribution in [0.3, 0.4) is 0 Å². The van der Waals surface area contributed by atoms with Gasteiger partial charge in [-0.25, -0.2) is 4.79 Å². The van der Waals surface area contributed by atoms with E-state index in [0.29, 0.717) is 19.3 Å². The number of hydrogen-bond acceptors (Lipinski definition) is 11. The zero-order valence-corrected chi connectivity index (χ0v) is 47.4. The summed E-state index contributed by atoms with van der Waals surface area (Å²) in [6, 6.07) is 0. The highest BCUT2D eigenvalue weighted by molar-refractivity contribution is 5.74. The summed E-state index contributed by atoms with van der Waals surface area (Å²) in [6.07, 6.45) is 60.2. The molecule has 0 saturated carbocycles. The van der Waals surface area contributed by atoms with Crippen LogP contribution in [-0.2, 0) is 42.9 Å². The topological polar surface area (TPSA) is 175 Å². The van der Waals surface area contributed by atoms with Gasteiger partial charge in [0.05, 0.1) is 13.0 Å². The second kappa shape index (κ2) is 51.6. The number of unbranched alkanes of at least 4 members (excludes halogenated alkanes) is 12. The van der Waals surface area contributed by atoms with Gasteiger partial charge in [-0.2, -0.15) is 0 Å². The lowest BCUT2D eigenvalue weighted by molar-refractivity contribution is -0.301. The average Bonchev–Trinajstić information content (AvgIpc) is 3.42. The van der Waals surface area contributed by atoms with Crippen LogP contribution in [0.4, 0.5) is 0 Å². The maximum Gasteiger partial charge on any atom is 0.335 e. The van der Waals surface area contributed by atoms with Gasteiger partial charge < -0.3 is 39.0 Å². The maximum absolute atomic E-state index is 13.1. The van der Waals surface area contributed by atoms with Crippen molar-refractivity contribution in [3.05, 3.63) is 134 Å². The van der Waals surface area contributed by atoms with Crippen LogP contribution in [0.1, 0.15) is 201 Å². The first-order valence-electron chi connectivity index (χ1n) is 29.2. The number of aliphatic carboxylic acids is 1. The van der Waals surface area contributed by atoms with Crippen LogP contribution in [0.2, 0.25) is 0 Å². The van der Waals surface area contributed by atoms with E-state index < -0.39 is 67.3 Å². The van der Waals surface area contributed by atoms with Gasteiger partial charge in [0.1, 0.15) is 18.8 Å². The number of carboxylic acids is 1. The van der Waals surface area contributed by atoms with E-state index in [4.69, 9.17) is 23.7 Å². The van der Waals surface area contributed by atoms with Crippen molar-refractivity contribution in [2.45, 2.75) is 237 Å². The summed E-state index contributed by atoms with van der Waals surface area (Å²) in [5.41, 5.74) is 0. The normalized spacial score (nSPS) is 19.0. The summed E-state index contributed by atoms with van der Waals surface area (Å²) in [4.78, 5) is 51.0. The Balaban J connectivity index is 2.75. The monoisotopic (exact) mass is 1070 g/mol. The SMILES string of the molecule is CC/C=C\C/C=C\C/C=C\C/C=C\C/C=C\CC(=O)OC1C(OCC(COC(=O)CCCCCCCC/C=C\C/C=C\C/C=C\C/C=C\CC)OC(=O)CCCCCCC/C=C\C/C=C\CCC)OC(C(=O)O)C(O)C1O. The molecule has 0 aromatic rings. The Kier molecular flexibility index (Phi) is 46.8. The Labute approximate surface area is 464 Å². The standard InChI is InChI=1S/C65H100O12/c1-4-7-10-13-16-19-22-25-27-28-29-30-32-34-36-39-42-45-48-51-57(66)73-54-56(75-58(67)52-49-46-43-40-37-33-24-21-18-15-12-9-6-3)55-74-65-63(61(70)60(69)62(77-65)64(71)72)76-59(68)53-50-47-44-41-38-35-31-26-23-20-17-14-11-8-5-2/h7-8,10-12,15-17,19-21,24-27,29-31,38,41,47,50,56,60-63,65,69-70H,4-6,9,13-14,18,22-23,28,32-37,39-40,42-46,48-49,51-55H2,1-3H3,(H,71,72)/b10-7-,11-8-,15-12-,19-16-,20-17-,24-21-,27-25-,30-29-,31-26-,41-38-,50-47-. The molecule has 0 spiro atoms. The zero-order chi connectivity index (χ0) is 56.1. The minimum Gasteiger partial charge on any atom is -0.479 e. The predicted octanol–water partition coefficient (Wildman–Crippen LogP) is 15.0. The molecule has 0 aliphatic carbocycles. The number of carbonyl (C=O) groups excluding carboxylic acids is 3. The molecule has 6 atom stereocenters. The van der Waals surface area contributed by atoms with Gasteiger partial charge in [0.2, 0.25) is 0 Å². The van der Waals surface area contributed by atoms with Crippen LogP contribution in [0.25, 0.3) is 0 Å². The second-order valence-corrected chi connectivity index (χ2v) is 19.2. The number of rotatable bonds is 47. The van der Waals surface area contributed by atoms with Crippen molar-refractivity contribution in [2.24, 2.45) is 0 Å². The summed E-state index contributed by atoms with van der Waals surface area (Å²) in [5, 5.41) is 31.4. The van der Waals surface area contributed by atoms with Gasteiger partial charge in [-0.05, 0) is 109 Å². The molecule has 0 aromatic carbocycles. The fraction of sp³-hybridized carbons (Fsp3) is 0.600. The Hall–Kier alpha value is -5.14. The van der Waals surface area contributed by atoms with Crippen molar-refractivity contribution >= 4 is 23.9 Å². The molecule has 77 heavy (non-hydrogen) atoms. The Morgan fingerprint density at radius 3 is 1.31 bits per heavy atom. The molecule has 0 bridgehead atoms. The number of aliphatic hydroxyl groups excluding tert-OH is 2. The number of hydrogen-bond donors (Lipinski definition) is 3. The molecule has 0 radical (unpaired) electrons. The minimum atomic E-state index is -1.95. The number of aliphatic hydroxyl groups is 2. The minimum absolute atomic E-state index is 0.125. The smallest absolute Gasteiger partial charge is 0.335 e. The molecule has 0 amide bonds. The molecular weight excluding hydrogens is 973 g/mol. The van der Waals surface area contributed by atoms with Crippen LogP contribution < -0.4 is 0 Å². The lowest BCUT2D eigenvalue weighted by Crippen LogP contribution is -2.61. The van der Waals surface area contributed by atoms with E-state index in [2.05, 4.69) is 130 Å². The van der Waals surface area contributed by atoms with E-state index in [-0.39, 0.29) is 25.9 Å². The molecule has 12 nitrogen and oxygen atoms in total. The van der Waals surface area contributed by atoms with E-state index in [1.165, 1.54) is 0 Å². The summed E-state index contributed by atoms with van der Waals surface area (Å²) >= 11 is 0. The van der Waals surface area contributed by atoms with Crippen LogP contribution in [0, 0.1) is 0 Å². The molecule has 432 valence electrons. The van der Waals surface area contributed by atoms with Crippen molar-refractivity contribution in [2.75, 3.05) is 13.2 Å². The summed E-state index contributed by atoms with van der Waals surface area (Å²) in [7, 11) is 0. The summed E-state index contributed by atoms with van der Waals surface area (Å²) in [6.45, 7) is 5.61. The molecule has 6 unspecified atom stereocenters. The molecule has 1 aliphatic rings. The van der Waals surface area contributed by atoms with Gasteiger partial charge in [-0.15, -0.1) is 0 Å². The van der Waals surface area contributed by atoms with E-state index in [1.54, 1.807) is 12.2 Å². The number of ether oxygens (including phenoxy) is 5. The van der Waals surface area contributed by atoms with E-state index in [9.17, 15) is 34.5 Å². The highest BCUT2D eigenvalue weighted by atomic mass is 16.7. The van der Waals surface area contributed by atoms with E-state index in [0.717, 1.165) is 141 Å². The first-order chi connectivity index (χ1) is 37.6. The van der Waals surface area contributed by atoms with Crippen LogP contribution >= 0.6 is 0 Å². The van der Waals surface area contributed by atoms with Crippen LogP contribution in [-0.4, -0.2) is 89.2 Å². The molecule has 3 N–H and O–H groups in total. The van der Waals surface area contributed by atoms with Gasteiger partial charge in [0.15, 0.2) is 24.6 Å². The largest absolute Gasteiger partial charge is 0.479 e. The number of esters is 3. The molecule has 1 rings (SSSR count). The summed E-state index contributed by atoms with van der Waals surface area (Å²) in [5.74, 6) is -3.34. The Morgan fingerprint density at radius 2 is 0.857 bits per heavy atom. The first-order valence-corrected chi connectivity index (χ1v) is 29.2. The second-order valence-electron chi connectivity index (χ2n) is 19.2. The fourth-order valence-corrected chi connectivity index (χ4v) is 7.82. The highest BCUT2D eigenvalue weighted by Crippen LogP contribution is 2.26. The fourth-order valence-electron chi connectivity index (χ4n) is 7.82. The zero-order valence-electron chi connectivity index (χ0n) is 47.4. The molecule has 0 aromatic heterocycles. The third-order valence-electron chi connectivity index (χ3n) is 12.2. The third-order valence-corrected chi connectivity index (χ3v) is 12.2. The number of carboxylic acid groups (broad SMARTS) is 1. The number of allylic oxidation sites excluding steroid dienone is 21. The Bertz CT molecular complexity index is 1850. The van der Waals surface area contributed by atoms with Crippen molar-refractivity contribution in [3.63, 3.8) is 0 Å². The van der Waals surface area contributed by atoms with Gasteiger partial charge in [-0.3, -0.25) is 14.4 Å². The molecule has 1 saturated heterocycles. The third kappa shape index (κ3) is 41.6.